The van der Waals surface area contributed by atoms with Crippen LogP contribution in [0, 0.1) is 0 Å². The maximum atomic E-state index is 13.6. The highest BCUT2D eigenvalue weighted by atomic mass is 35.5. The van der Waals surface area contributed by atoms with Gasteiger partial charge in [0.2, 0.25) is 0 Å². The van der Waals surface area contributed by atoms with Crippen molar-refractivity contribution in [1.29, 1.82) is 0 Å². The van der Waals surface area contributed by atoms with Gasteiger partial charge < -0.3 is 14.7 Å². The molecule has 1 aliphatic carbocycles. The van der Waals surface area contributed by atoms with Gasteiger partial charge in [-0.1, -0.05) is 60.1 Å². The number of carbonyl (C=O) groups excluding carboxylic acids is 2. The molecule has 0 saturated heterocycles. The molecule has 1 aromatic heterocycles. The van der Waals surface area contributed by atoms with Crippen LogP contribution in [-0.4, -0.2) is 46.2 Å². The van der Waals surface area contributed by atoms with Crippen molar-refractivity contribution in [3.63, 3.8) is 0 Å². The first kappa shape index (κ1) is 28.9. The van der Waals surface area contributed by atoms with E-state index in [0.29, 0.717) is 24.8 Å². The standard InChI is InChI=1S/C35H29ClN4O4/c36-31-18-25(9-11-32(31)41)35(43)39-38-19-26-10-12-33(30-8-4-3-7-29(26)30)44-22-34(42)40(20-23-13-15-37-16-14-23)21-27-17-24-5-1-2-6-28(24)27/h1-16,18-19,27,41H,17,20-22H2,(H,39,43)/b38-19+. The molecule has 0 bridgehead atoms. The number of benzene rings is 4. The van der Waals surface area contributed by atoms with Crippen molar-refractivity contribution in [1.82, 2.24) is 15.3 Å². The van der Waals surface area contributed by atoms with Crippen LogP contribution in [0.15, 0.2) is 108 Å². The average Bonchev–Trinajstić information content (AvgIpc) is 3.04. The molecule has 1 atom stereocenters. The van der Waals surface area contributed by atoms with Gasteiger partial charge in [-0.05, 0) is 71.0 Å². The molecule has 1 unspecified atom stereocenters. The first-order valence-electron chi connectivity index (χ1n) is 14.2. The molecule has 1 heterocycles. The molecule has 220 valence electrons. The number of aromatic hydroxyl groups is 1. The number of hydrogen-bond acceptors (Lipinski definition) is 6. The third kappa shape index (κ3) is 6.40. The fourth-order valence-electron chi connectivity index (χ4n) is 5.39. The Bertz CT molecular complexity index is 1860. The summed E-state index contributed by atoms with van der Waals surface area (Å²) in [6, 6.07) is 27.7. The van der Waals surface area contributed by atoms with Gasteiger partial charge in [0.15, 0.2) is 6.61 Å². The summed E-state index contributed by atoms with van der Waals surface area (Å²) in [6.07, 6.45) is 5.97. The van der Waals surface area contributed by atoms with E-state index in [0.717, 1.165) is 28.3 Å². The lowest BCUT2D eigenvalue weighted by molar-refractivity contribution is -0.134. The fourth-order valence-corrected chi connectivity index (χ4v) is 5.57. The Labute approximate surface area is 259 Å². The number of hydrazone groups is 1. The van der Waals surface area contributed by atoms with Gasteiger partial charge >= 0.3 is 0 Å². The van der Waals surface area contributed by atoms with Crippen LogP contribution in [0.25, 0.3) is 10.8 Å². The van der Waals surface area contributed by atoms with E-state index < -0.39 is 5.91 Å². The zero-order valence-corrected chi connectivity index (χ0v) is 24.4. The van der Waals surface area contributed by atoms with Crippen molar-refractivity contribution in [3.8, 4) is 11.5 Å². The summed E-state index contributed by atoms with van der Waals surface area (Å²) in [7, 11) is 0. The van der Waals surface area contributed by atoms with Gasteiger partial charge in [-0.2, -0.15) is 5.10 Å². The summed E-state index contributed by atoms with van der Waals surface area (Å²) >= 11 is 5.91. The summed E-state index contributed by atoms with van der Waals surface area (Å²) in [5.74, 6) is 0.202. The molecule has 0 saturated carbocycles. The first-order chi connectivity index (χ1) is 21.5. The van der Waals surface area contributed by atoms with Crippen LogP contribution in [0.2, 0.25) is 5.02 Å². The molecule has 9 heteroatoms. The van der Waals surface area contributed by atoms with Crippen LogP contribution < -0.4 is 10.2 Å². The predicted molar refractivity (Wildman–Crippen MR) is 170 cm³/mol. The number of phenolic OH excluding ortho intramolecular Hbond substituents is 1. The third-order valence-corrected chi connectivity index (χ3v) is 8.03. The van der Waals surface area contributed by atoms with Gasteiger partial charge in [0.05, 0.1) is 11.2 Å². The molecule has 2 amide bonds. The quantitative estimate of drug-likeness (QED) is 0.148. The Morgan fingerprint density at radius 2 is 1.77 bits per heavy atom. The molecule has 0 fully saturated rings. The Kier molecular flexibility index (Phi) is 8.52. The number of pyridine rings is 1. The normalized spacial score (nSPS) is 13.7. The van der Waals surface area contributed by atoms with Gasteiger partial charge in [-0.25, -0.2) is 5.43 Å². The fraction of sp³-hybridized carbons (Fsp3) is 0.143. The molecule has 1 aliphatic rings. The monoisotopic (exact) mass is 604 g/mol. The second kappa shape index (κ2) is 13.0. The Balaban J connectivity index is 1.15. The lowest BCUT2D eigenvalue weighted by Gasteiger charge is -2.35. The second-order valence-electron chi connectivity index (χ2n) is 10.6. The summed E-state index contributed by atoms with van der Waals surface area (Å²) in [4.78, 5) is 32.0. The minimum Gasteiger partial charge on any atom is -0.506 e. The number of aromatic nitrogens is 1. The molecule has 6 rings (SSSR count). The molecule has 2 N–H and O–H groups in total. The van der Waals surface area contributed by atoms with Gasteiger partial charge in [0, 0.05) is 47.9 Å². The van der Waals surface area contributed by atoms with E-state index in [-0.39, 0.29) is 28.8 Å². The predicted octanol–water partition coefficient (Wildman–Crippen LogP) is 6.11. The summed E-state index contributed by atoms with van der Waals surface area (Å²) in [5.41, 5.74) is 7.15. The van der Waals surface area contributed by atoms with Crippen LogP contribution in [0.1, 0.15) is 38.5 Å². The number of nitrogens with zero attached hydrogens (tertiary/aromatic N) is 3. The molecule has 0 aliphatic heterocycles. The van der Waals surface area contributed by atoms with Crippen molar-refractivity contribution >= 4 is 40.4 Å². The number of fused-ring (bicyclic) bond motifs is 2. The molecule has 4 aromatic carbocycles. The van der Waals surface area contributed by atoms with Crippen LogP contribution >= 0.6 is 11.6 Å². The number of halogens is 1. The zero-order valence-electron chi connectivity index (χ0n) is 23.7. The summed E-state index contributed by atoms with van der Waals surface area (Å²) < 4.78 is 6.13. The topological polar surface area (TPSA) is 104 Å². The molecular weight excluding hydrogens is 576 g/mol. The second-order valence-corrected chi connectivity index (χ2v) is 11.0. The Morgan fingerprint density at radius 1 is 1.00 bits per heavy atom. The highest BCUT2D eigenvalue weighted by Gasteiger charge is 2.29. The number of phenols is 1. The zero-order chi connectivity index (χ0) is 30.5. The number of carbonyl (C=O) groups is 2. The maximum absolute atomic E-state index is 13.6. The molecule has 8 nitrogen and oxygen atoms in total. The van der Waals surface area contributed by atoms with Crippen molar-refractivity contribution in [2.45, 2.75) is 18.9 Å². The number of ether oxygens (including phenoxy) is 1. The van der Waals surface area contributed by atoms with Gasteiger partial charge in [-0.3, -0.25) is 14.6 Å². The Hall–Kier alpha value is -5.21. The molecule has 0 spiro atoms. The molecular formula is C35H29ClN4O4. The van der Waals surface area contributed by atoms with E-state index in [4.69, 9.17) is 16.3 Å². The Morgan fingerprint density at radius 3 is 2.57 bits per heavy atom. The minimum absolute atomic E-state index is 0.0792. The van der Waals surface area contributed by atoms with Crippen molar-refractivity contribution in [3.05, 3.63) is 136 Å². The molecule has 0 radical (unpaired) electrons. The van der Waals surface area contributed by atoms with E-state index >= 15 is 0 Å². The van der Waals surface area contributed by atoms with Gasteiger partial charge in [0.1, 0.15) is 11.5 Å². The van der Waals surface area contributed by atoms with Crippen molar-refractivity contribution < 1.29 is 19.4 Å². The van der Waals surface area contributed by atoms with E-state index in [2.05, 4.69) is 33.7 Å². The number of amides is 2. The van der Waals surface area contributed by atoms with E-state index in [9.17, 15) is 14.7 Å². The van der Waals surface area contributed by atoms with Crippen molar-refractivity contribution in [2.75, 3.05) is 13.2 Å². The summed E-state index contributed by atoms with van der Waals surface area (Å²) in [5, 5.41) is 15.4. The van der Waals surface area contributed by atoms with Crippen LogP contribution in [0.3, 0.4) is 0 Å². The minimum atomic E-state index is -0.465. The maximum Gasteiger partial charge on any atom is 0.271 e. The number of hydrogen-bond donors (Lipinski definition) is 2. The average molecular weight is 605 g/mol. The largest absolute Gasteiger partial charge is 0.506 e. The first-order valence-corrected chi connectivity index (χ1v) is 14.5. The number of rotatable bonds is 10. The van der Waals surface area contributed by atoms with Gasteiger partial charge in [0.25, 0.3) is 11.8 Å². The van der Waals surface area contributed by atoms with Crippen LogP contribution in [0.4, 0.5) is 0 Å². The summed E-state index contributed by atoms with van der Waals surface area (Å²) in [6.45, 7) is 0.976. The van der Waals surface area contributed by atoms with Crippen LogP contribution in [-0.2, 0) is 17.8 Å². The van der Waals surface area contributed by atoms with Crippen LogP contribution in [0.5, 0.6) is 11.5 Å². The van der Waals surface area contributed by atoms with E-state index in [1.165, 1.54) is 29.3 Å². The highest BCUT2D eigenvalue weighted by Crippen LogP contribution is 2.36. The van der Waals surface area contributed by atoms with E-state index in [1.807, 2.05) is 53.4 Å². The lowest BCUT2D eigenvalue weighted by atomic mass is 9.77. The lowest BCUT2D eigenvalue weighted by Crippen LogP contribution is -2.39. The van der Waals surface area contributed by atoms with Crippen molar-refractivity contribution in [2.24, 2.45) is 5.10 Å². The highest BCUT2D eigenvalue weighted by molar-refractivity contribution is 6.32. The molecule has 44 heavy (non-hydrogen) atoms. The van der Waals surface area contributed by atoms with E-state index in [1.54, 1.807) is 24.7 Å². The van der Waals surface area contributed by atoms with Gasteiger partial charge in [-0.15, -0.1) is 0 Å². The SMILES string of the molecule is O=C(N/N=C/c1ccc(OCC(=O)N(Cc2ccncc2)CC2Cc3ccccc32)c2ccccc12)c1ccc(O)c(Cl)c1. The number of nitrogens with one attached hydrogen (secondary N) is 1. The third-order valence-electron chi connectivity index (χ3n) is 7.73. The molecule has 5 aromatic rings. The smallest absolute Gasteiger partial charge is 0.271 e.